The second kappa shape index (κ2) is 13.0. The Bertz CT molecular complexity index is 1740. The van der Waals surface area contributed by atoms with E-state index in [9.17, 15) is 8.42 Å². The molecule has 0 saturated carbocycles. The maximum absolute atomic E-state index is 11.9. The first-order valence-electron chi connectivity index (χ1n) is 14.7. The Balaban J connectivity index is 1.38. The third kappa shape index (κ3) is 6.93. The number of fused-ring (bicyclic) bond motifs is 3. The summed E-state index contributed by atoms with van der Waals surface area (Å²) in [4.78, 5) is 9.00. The van der Waals surface area contributed by atoms with Crippen LogP contribution in [0, 0.1) is 5.41 Å². The Hall–Kier alpha value is -4.12. The number of hydrogen-bond acceptors (Lipinski definition) is 8. The van der Waals surface area contributed by atoms with Crippen LogP contribution in [0.3, 0.4) is 0 Å². The topological polar surface area (TPSA) is 130 Å². The zero-order valence-corrected chi connectivity index (χ0v) is 26.2. The van der Waals surface area contributed by atoms with E-state index >= 15 is 0 Å². The number of allylic oxidation sites excluding steroid dienone is 3. The molecule has 226 valence electrons. The molecule has 1 aliphatic carbocycles. The molecule has 0 amide bonds. The number of benzene rings is 1. The highest BCUT2D eigenvalue weighted by molar-refractivity contribution is 7.91. The van der Waals surface area contributed by atoms with Gasteiger partial charge in [-0.1, -0.05) is 36.8 Å². The number of nitrogens with zero attached hydrogens (tertiary/aromatic N) is 6. The van der Waals surface area contributed by atoms with E-state index in [0.29, 0.717) is 12.4 Å². The van der Waals surface area contributed by atoms with Gasteiger partial charge in [0.2, 0.25) is 0 Å². The van der Waals surface area contributed by atoms with Gasteiger partial charge in [0.1, 0.15) is 5.84 Å². The number of hydrogen-bond donors (Lipinski definition) is 2. The van der Waals surface area contributed by atoms with Crippen molar-refractivity contribution >= 4 is 39.5 Å². The minimum Gasteiger partial charge on any atom is -0.327 e. The van der Waals surface area contributed by atoms with Gasteiger partial charge in [0.05, 0.1) is 29.6 Å². The monoisotopic (exact) mass is 600 g/mol. The van der Waals surface area contributed by atoms with E-state index in [-0.39, 0.29) is 17.4 Å². The van der Waals surface area contributed by atoms with Crippen molar-refractivity contribution in [2.45, 2.75) is 58.4 Å². The van der Waals surface area contributed by atoms with E-state index in [1.54, 1.807) is 31.1 Å². The SMILES string of the molecule is CCS(=O)(=O)CCn1ccc(NC2=N/C=C3/CCc4nn(C)c(Cc5cccc(C(C=N)C=NC)c5)c4C3=C(C)CC2)n1. The summed E-state index contributed by atoms with van der Waals surface area (Å²) in [6.45, 7) is 4.20. The lowest BCUT2D eigenvalue weighted by molar-refractivity contribution is 0.582. The molecule has 43 heavy (non-hydrogen) atoms. The fourth-order valence-corrected chi connectivity index (χ4v) is 6.51. The Kier molecular flexibility index (Phi) is 9.19. The molecule has 0 spiro atoms. The van der Waals surface area contributed by atoms with Gasteiger partial charge in [-0.15, -0.1) is 0 Å². The first kappa shape index (κ1) is 30.3. The van der Waals surface area contributed by atoms with Crippen molar-refractivity contribution in [2.24, 2.45) is 17.0 Å². The van der Waals surface area contributed by atoms with E-state index in [1.807, 2.05) is 30.1 Å². The summed E-state index contributed by atoms with van der Waals surface area (Å²) < 4.78 is 27.4. The van der Waals surface area contributed by atoms with Crippen LogP contribution in [0.2, 0.25) is 0 Å². The van der Waals surface area contributed by atoms with Gasteiger partial charge in [-0.2, -0.15) is 10.2 Å². The predicted octanol–water partition coefficient (Wildman–Crippen LogP) is 4.98. The summed E-state index contributed by atoms with van der Waals surface area (Å²) in [5, 5.41) is 20.6. The van der Waals surface area contributed by atoms with E-state index in [0.717, 1.165) is 49.2 Å². The maximum atomic E-state index is 11.9. The normalized spacial score (nSPS) is 17.4. The lowest BCUT2D eigenvalue weighted by Crippen LogP contribution is -2.17. The molecule has 0 saturated heterocycles. The van der Waals surface area contributed by atoms with Gasteiger partial charge >= 0.3 is 0 Å². The van der Waals surface area contributed by atoms with Gasteiger partial charge in [-0.3, -0.25) is 14.4 Å². The van der Waals surface area contributed by atoms with Crippen molar-refractivity contribution in [1.29, 1.82) is 5.41 Å². The first-order chi connectivity index (χ1) is 20.7. The third-order valence-corrected chi connectivity index (χ3v) is 9.85. The Morgan fingerprint density at radius 3 is 2.77 bits per heavy atom. The standard InChI is InChI=1S/C32H40N8O2S/c1-5-43(41,42)16-15-40-14-13-30(38-40)36-29-12-9-22(2)31-25(21-35-29)10-11-27-32(31)28(39(4)37-27)18-23-7-6-8-24(17-23)26(19-33)20-34-3/h6-8,13-14,17,19-21,26,33H,5,9-12,15-16,18H2,1-4H3,(H,35,36,38)/b25-21-,31-22?,33-19?,34-20?. The van der Waals surface area contributed by atoms with Crippen LogP contribution in [-0.2, 0) is 36.3 Å². The summed E-state index contributed by atoms with van der Waals surface area (Å²) in [7, 11) is 0.717. The average Bonchev–Trinajstić information content (AvgIpc) is 3.58. The first-order valence-corrected chi connectivity index (χ1v) is 16.6. The van der Waals surface area contributed by atoms with Crippen LogP contribution in [0.5, 0.6) is 0 Å². The van der Waals surface area contributed by atoms with Crippen LogP contribution in [0.4, 0.5) is 5.82 Å². The molecule has 0 radical (unpaired) electrons. The van der Waals surface area contributed by atoms with Crippen molar-refractivity contribution < 1.29 is 8.42 Å². The van der Waals surface area contributed by atoms with Crippen molar-refractivity contribution in [3.63, 3.8) is 0 Å². The van der Waals surface area contributed by atoms with Gasteiger partial charge in [-0.05, 0) is 48.5 Å². The van der Waals surface area contributed by atoms with Crippen LogP contribution in [0.1, 0.15) is 67.1 Å². The van der Waals surface area contributed by atoms with Crippen LogP contribution in [-0.4, -0.2) is 64.8 Å². The van der Waals surface area contributed by atoms with Crippen molar-refractivity contribution in [3.8, 4) is 0 Å². The van der Waals surface area contributed by atoms with Crippen LogP contribution >= 0.6 is 0 Å². The molecule has 0 fully saturated rings. The number of amidine groups is 1. The molecule has 0 bridgehead atoms. The number of aliphatic imine (C=N–C) groups is 2. The maximum Gasteiger partial charge on any atom is 0.153 e. The summed E-state index contributed by atoms with van der Waals surface area (Å²) in [5.41, 5.74) is 9.56. The van der Waals surface area contributed by atoms with Crippen molar-refractivity contribution in [1.82, 2.24) is 19.6 Å². The lowest BCUT2D eigenvalue weighted by atomic mass is 9.81. The minimum absolute atomic E-state index is 0.0756. The molecule has 1 unspecified atom stereocenters. The van der Waals surface area contributed by atoms with E-state index in [4.69, 9.17) is 15.5 Å². The van der Waals surface area contributed by atoms with Crippen molar-refractivity contribution in [3.05, 3.63) is 82.0 Å². The van der Waals surface area contributed by atoms with Crippen molar-refractivity contribution in [2.75, 3.05) is 23.9 Å². The molecule has 3 heterocycles. The molecule has 11 heteroatoms. The Morgan fingerprint density at radius 2 is 2.00 bits per heavy atom. The molecule has 2 aliphatic rings. The highest BCUT2D eigenvalue weighted by Crippen LogP contribution is 2.41. The Morgan fingerprint density at radius 1 is 1.16 bits per heavy atom. The number of rotatable bonds is 10. The molecule has 1 aromatic carbocycles. The van der Waals surface area contributed by atoms with E-state index in [2.05, 4.69) is 40.5 Å². The van der Waals surface area contributed by atoms with E-state index < -0.39 is 9.84 Å². The summed E-state index contributed by atoms with van der Waals surface area (Å²) in [6, 6.07) is 10.3. The molecule has 5 rings (SSSR count). The van der Waals surface area contributed by atoms with Crippen LogP contribution in [0.25, 0.3) is 5.57 Å². The number of sulfone groups is 1. The van der Waals surface area contributed by atoms with Gasteiger partial charge < -0.3 is 10.7 Å². The molecule has 10 nitrogen and oxygen atoms in total. The zero-order chi connectivity index (χ0) is 30.6. The molecule has 3 aromatic rings. The summed E-state index contributed by atoms with van der Waals surface area (Å²) in [5.74, 6) is 1.57. The number of aryl methyl sites for hydroxylation is 3. The molecular formula is C32H40N8O2S. The molecule has 2 aromatic heterocycles. The van der Waals surface area contributed by atoms with E-state index in [1.165, 1.54) is 39.8 Å². The second-order valence-electron chi connectivity index (χ2n) is 11.1. The van der Waals surface area contributed by atoms with Gasteiger partial charge in [-0.25, -0.2) is 13.4 Å². The van der Waals surface area contributed by atoms with Crippen LogP contribution < -0.4 is 5.32 Å². The summed E-state index contributed by atoms with van der Waals surface area (Å²) in [6.07, 6.45) is 11.1. The van der Waals surface area contributed by atoms with Gasteiger partial charge in [0.15, 0.2) is 15.7 Å². The second-order valence-corrected chi connectivity index (χ2v) is 13.6. The van der Waals surface area contributed by atoms with Crippen LogP contribution in [0.15, 0.2) is 63.9 Å². The fraction of sp³-hybridized carbons (Fsp3) is 0.406. The predicted molar refractivity (Wildman–Crippen MR) is 174 cm³/mol. The number of aromatic nitrogens is 4. The van der Waals surface area contributed by atoms with Gasteiger partial charge in [0.25, 0.3) is 0 Å². The quantitative estimate of drug-likeness (QED) is 0.317. The Labute approximate surface area is 253 Å². The smallest absolute Gasteiger partial charge is 0.153 e. The number of anilines is 1. The number of nitrogens with one attached hydrogen (secondary N) is 2. The summed E-state index contributed by atoms with van der Waals surface area (Å²) >= 11 is 0. The average molecular weight is 601 g/mol. The largest absolute Gasteiger partial charge is 0.327 e. The molecule has 2 N–H and O–H groups in total. The zero-order valence-electron chi connectivity index (χ0n) is 25.3. The highest BCUT2D eigenvalue weighted by Gasteiger charge is 2.28. The molecule has 1 aliphatic heterocycles. The highest BCUT2D eigenvalue weighted by atomic mass is 32.2. The third-order valence-electron chi connectivity index (χ3n) is 8.16. The fourth-order valence-electron chi connectivity index (χ4n) is 5.75. The lowest BCUT2D eigenvalue weighted by Gasteiger charge is -2.24. The minimum atomic E-state index is -3.05. The molecule has 1 atom stereocenters. The molecular weight excluding hydrogens is 560 g/mol. The van der Waals surface area contributed by atoms with Gasteiger partial charge in [0, 0.05) is 69.1 Å².